The van der Waals surface area contributed by atoms with Gasteiger partial charge in [0.1, 0.15) is 11.6 Å². The van der Waals surface area contributed by atoms with Crippen LogP contribution >= 0.6 is 0 Å². The number of para-hydroxylation sites is 1. The van der Waals surface area contributed by atoms with E-state index in [1.54, 1.807) is 13.0 Å². The Bertz CT molecular complexity index is 873. The van der Waals surface area contributed by atoms with Crippen LogP contribution in [0.25, 0.3) is 5.69 Å². The number of aromatic nitrogens is 2. The Morgan fingerprint density at radius 1 is 1.20 bits per heavy atom. The van der Waals surface area contributed by atoms with Gasteiger partial charge in [-0.3, -0.25) is 4.79 Å². The number of carbonyl (C=O) groups excluding carboxylic acids is 1. The van der Waals surface area contributed by atoms with Crippen molar-refractivity contribution in [1.82, 2.24) is 9.78 Å². The van der Waals surface area contributed by atoms with Gasteiger partial charge in [0.25, 0.3) is 5.91 Å². The van der Waals surface area contributed by atoms with E-state index in [0.29, 0.717) is 23.1 Å². The third-order valence-electron chi connectivity index (χ3n) is 4.85. The van der Waals surface area contributed by atoms with Crippen LogP contribution in [0.3, 0.4) is 0 Å². The summed E-state index contributed by atoms with van der Waals surface area (Å²) in [5.74, 6) is 1.61. The third-order valence-corrected chi connectivity index (χ3v) is 4.85. The zero-order valence-corrected chi connectivity index (χ0v) is 14.2. The minimum absolute atomic E-state index is 0.179. The highest BCUT2D eigenvalue weighted by atomic mass is 16.3. The maximum absolute atomic E-state index is 12.6. The normalized spacial score (nSPS) is 14.8. The topological polar surface area (TPSA) is 60.1 Å². The summed E-state index contributed by atoms with van der Waals surface area (Å²) in [5, 5.41) is 7.80. The van der Waals surface area contributed by atoms with Gasteiger partial charge in [0.15, 0.2) is 0 Å². The van der Waals surface area contributed by atoms with Crippen molar-refractivity contribution in [3.05, 3.63) is 65.7 Å². The van der Waals surface area contributed by atoms with Crippen molar-refractivity contribution in [3.8, 4) is 5.69 Å². The van der Waals surface area contributed by atoms with Crippen LogP contribution in [0, 0.1) is 6.92 Å². The molecular weight excluding hydrogens is 314 g/mol. The molecule has 0 unspecified atom stereocenters. The number of aryl methyl sites for hydroxylation is 1. The van der Waals surface area contributed by atoms with E-state index >= 15 is 0 Å². The molecule has 0 spiro atoms. The first-order chi connectivity index (χ1) is 12.2. The van der Waals surface area contributed by atoms with E-state index in [9.17, 15) is 4.79 Å². The summed E-state index contributed by atoms with van der Waals surface area (Å²) in [6, 6.07) is 13.6. The Labute approximate surface area is 146 Å². The lowest BCUT2D eigenvalue weighted by Gasteiger charge is -2.08. The Morgan fingerprint density at radius 2 is 1.96 bits per heavy atom. The lowest BCUT2D eigenvalue weighted by Crippen LogP contribution is -2.15. The number of carbonyl (C=O) groups is 1. The summed E-state index contributed by atoms with van der Waals surface area (Å²) in [4.78, 5) is 12.6. The second-order valence-corrected chi connectivity index (χ2v) is 6.53. The minimum Gasteiger partial charge on any atom is -0.469 e. The fourth-order valence-corrected chi connectivity index (χ4v) is 3.48. The van der Waals surface area contributed by atoms with Crippen LogP contribution in [0.1, 0.15) is 53.4 Å². The average molecular weight is 335 g/mol. The van der Waals surface area contributed by atoms with Gasteiger partial charge in [-0.1, -0.05) is 31.0 Å². The SMILES string of the molecule is Cc1occc1C(=O)Nc1cc(C2CCCC2)nn1-c1ccccc1. The predicted molar refractivity (Wildman–Crippen MR) is 96.2 cm³/mol. The summed E-state index contributed by atoms with van der Waals surface area (Å²) in [5.41, 5.74) is 2.54. The first-order valence-corrected chi connectivity index (χ1v) is 8.73. The Morgan fingerprint density at radius 3 is 2.64 bits per heavy atom. The van der Waals surface area contributed by atoms with E-state index in [0.717, 1.165) is 11.4 Å². The largest absolute Gasteiger partial charge is 0.469 e. The van der Waals surface area contributed by atoms with Crippen LogP contribution in [0.4, 0.5) is 5.82 Å². The molecule has 1 N–H and O–H groups in total. The van der Waals surface area contributed by atoms with E-state index in [-0.39, 0.29) is 5.91 Å². The highest BCUT2D eigenvalue weighted by molar-refractivity contribution is 6.04. The van der Waals surface area contributed by atoms with Crippen LogP contribution in [-0.4, -0.2) is 15.7 Å². The van der Waals surface area contributed by atoms with Gasteiger partial charge in [0, 0.05) is 12.0 Å². The van der Waals surface area contributed by atoms with Gasteiger partial charge in [0.2, 0.25) is 0 Å². The number of hydrogen-bond donors (Lipinski definition) is 1. The Hall–Kier alpha value is -2.82. The molecule has 128 valence electrons. The minimum atomic E-state index is -0.179. The zero-order valence-electron chi connectivity index (χ0n) is 14.2. The molecule has 3 aromatic rings. The molecule has 1 aliphatic rings. The van der Waals surface area contributed by atoms with E-state index in [1.165, 1.54) is 31.9 Å². The average Bonchev–Trinajstić information content (AvgIpc) is 3.35. The van der Waals surface area contributed by atoms with Crippen molar-refractivity contribution in [2.75, 3.05) is 5.32 Å². The molecule has 0 bridgehead atoms. The van der Waals surface area contributed by atoms with E-state index in [1.807, 2.05) is 41.1 Å². The second-order valence-electron chi connectivity index (χ2n) is 6.53. The smallest absolute Gasteiger partial charge is 0.260 e. The summed E-state index contributed by atoms with van der Waals surface area (Å²) in [7, 11) is 0. The number of nitrogens with one attached hydrogen (secondary N) is 1. The summed E-state index contributed by atoms with van der Waals surface area (Å²) in [6.07, 6.45) is 6.36. The van der Waals surface area contributed by atoms with Gasteiger partial charge < -0.3 is 9.73 Å². The van der Waals surface area contributed by atoms with Gasteiger partial charge in [0.05, 0.1) is 23.2 Å². The first kappa shape index (κ1) is 15.7. The maximum Gasteiger partial charge on any atom is 0.260 e. The molecule has 5 heteroatoms. The van der Waals surface area contributed by atoms with Crippen molar-refractivity contribution in [1.29, 1.82) is 0 Å². The number of rotatable bonds is 4. The third kappa shape index (κ3) is 3.09. The summed E-state index contributed by atoms with van der Waals surface area (Å²) in [6.45, 7) is 1.79. The molecule has 5 nitrogen and oxygen atoms in total. The van der Waals surface area contributed by atoms with E-state index in [2.05, 4.69) is 5.32 Å². The van der Waals surface area contributed by atoms with Gasteiger partial charge in [-0.2, -0.15) is 5.10 Å². The van der Waals surface area contributed by atoms with Crippen molar-refractivity contribution in [2.45, 2.75) is 38.5 Å². The van der Waals surface area contributed by atoms with E-state index < -0.39 is 0 Å². The van der Waals surface area contributed by atoms with Crippen LogP contribution < -0.4 is 5.32 Å². The molecule has 0 radical (unpaired) electrons. The van der Waals surface area contributed by atoms with Crippen molar-refractivity contribution >= 4 is 11.7 Å². The lowest BCUT2D eigenvalue weighted by molar-refractivity contribution is 0.102. The van der Waals surface area contributed by atoms with Crippen LogP contribution in [0.5, 0.6) is 0 Å². The van der Waals surface area contributed by atoms with Crippen LogP contribution in [0.15, 0.2) is 53.1 Å². The molecule has 1 fully saturated rings. The number of furan rings is 1. The fraction of sp³-hybridized carbons (Fsp3) is 0.300. The molecule has 1 aliphatic carbocycles. The number of anilines is 1. The number of hydrogen-bond acceptors (Lipinski definition) is 3. The Balaban J connectivity index is 1.69. The Kier molecular flexibility index (Phi) is 4.14. The molecule has 1 saturated carbocycles. The monoisotopic (exact) mass is 335 g/mol. The highest BCUT2D eigenvalue weighted by Crippen LogP contribution is 2.35. The fourth-order valence-electron chi connectivity index (χ4n) is 3.48. The maximum atomic E-state index is 12.6. The van der Waals surface area contributed by atoms with Gasteiger partial charge in [-0.25, -0.2) is 4.68 Å². The predicted octanol–water partition coefficient (Wildman–Crippen LogP) is 4.68. The van der Waals surface area contributed by atoms with Crippen LogP contribution in [-0.2, 0) is 0 Å². The number of amides is 1. The van der Waals surface area contributed by atoms with Crippen molar-refractivity contribution in [2.24, 2.45) is 0 Å². The molecule has 0 saturated heterocycles. The van der Waals surface area contributed by atoms with E-state index in [4.69, 9.17) is 9.52 Å². The van der Waals surface area contributed by atoms with Gasteiger partial charge in [-0.15, -0.1) is 0 Å². The lowest BCUT2D eigenvalue weighted by atomic mass is 10.0. The van der Waals surface area contributed by atoms with Gasteiger partial charge >= 0.3 is 0 Å². The first-order valence-electron chi connectivity index (χ1n) is 8.73. The highest BCUT2D eigenvalue weighted by Gasteiger charge is 2.23. The second kappa shape index (κ2) is 6.59. The molecule has 1 aromatic carbocycles. The standard InChI is InChI=1S/C20H21N3O2/c1-14-17(11-12-25-14)20(24)21-19-13-18(15-7-5-6-8-15)22-23(19)16-9-3-2-4-10-16/h2-4,9-13,15H,5-8H2,1H3,(H,21,24). The summed E-state index contributed by atoms with van der Waals surface area (Å²) >= 11 is 0. The molecule has 2 aromatic heterocycles. The molecule has 0 aliphatic heterocycles. The van der Waals surface area contributed by atoms with Gasteiger partial charge in [-0.05, 0) is 38.0 Å². The van der Waals surface area contributed by atoms with Crippen molar-refractivity contribution in [3.63, 3.8) is 0 Å². The molecule has 4 rings (SSSR count). The number of nitrogens with zero attached hydrogens (tertiary/aromatic N) is 2. The zero-order chi connectivity index (χ0) is 17.2. The molecule has 0 atom stereocenters. The quantitative estimate of drug-likeness (QED) is 0.753. The molecule has 2 heterocycles. The van der Waals surface area contributed by atoms with Crippen LogP contribution in [0.2, 0.25) is 0 Å². The summed E-state index contributed by atoms with van der Waals surface area (Å²) < 4.78 is 7.06. The molecule has 25 heavy (non-hydrogen) atoms. The molecule has 1 amide bonds. The number of benzene rings is 1. The molecular formula is C20H21N3O2. The van der Waals surface area contributed by atoms with Crippen molar-refractivity contribution < 1.29 is 9.21 Å².